The number of carbonyl (C=O) groups is 1. The number of methoxy groups -OCH3 is 2. The topological polar surface area (TPSA) is 76.2 Å². The normalized spacial score (nSPS) is 11.8. The van der Waals surface area contributed by atoms with Crippen molar-refractivity contribution in [1.82, 2.24) is 15.3 Å². The number of rotatable bonds is 7. The van der Waals surface area contributed by atoms with Crippen LogP contribution in [0.4, 0.5) is 0 Å². The molecular formula is C24H22ClN3O3. The van der Waals surface area contributed by atoms with E-state index in [9.17, 15) is 4.79 Å². The molecule has 158 valence electrons. The summed E-state index contributed by atoms with van der Waals surface area (Å²) in [4.78, 5) is 20.0. The zero-order chi connectivity index (χ0) is 21.8. The lowest BCUT2D eigenvalue weighted by atomic mass is 9.89. The number of carbonyl (C=O) groups excluding carboxylic acids is 1. The van der Waals surface area contributed by atoms with Crippen LogP contribution in [-0.4, -0.2) is 36.6 Å². The quantitative estimate of drug-likeness (QED) is 0.409. The highest BCUT2D eigenvalue weighted by Gasteiger charge is 2.24. The number of benzene rings is 2. The van der Waals surface area contributed by atoms with Crippen molar-refractivity contribution in [2.45, 2.75) is 5.92 Å². The average molecular weight is 436 g/mol. The first-order valence-electron chi connectivity index (χ1n) is 9.79. The van der Waals surface area contributed by atoms with Gasteiger partial charge in [0.25, 0.3) is 5.91 Å². The van der Waals surface area contributed by atoms with Crippen LogP contribution in [0.5, 0.6) is 11.5 Å². The molecule has 4 aromatic rings. The van der Waals surface area contributed by atoms with E-state index in [0.29, 0.717) is 23.6 Å². The zero-order valence-corrected chi connectivity index (χ0v) is 17.9. The van der Waals surface area contributed by atoms with Gasteiger partial charge in [0.05, 0.1) is 14.2 Å². The molecule has 0 spiro atoms. The van der Waals surface area contributed by atoms with E-state index in [-0.39, 0.29) is 17.0 Å². The van der Waals surface area contributed by atoms with Gasteiger partial charge >= 0.3 is 0 Å². The second-order valence-electron chi connectivity index (χ2n) is 7.00. The molecule has 0 aliphatic heterocycles. The third-order valence-electron chi connectivity index (χ3n) is 5.26. The highest BCUT2D eigenvalue weighted by Crippen LogP contribution is 2.40. The van der Waals surface area contributed by atoms with E-state index < -0.39 is 0 Å². The molecule has 1 amide bonds. The summed E-state index contributed by atoms with van der Waals surface area (Å²) in [5.41, 5.74) is 3.45. The molecule has 0 fully saturated rings. The Balaban J connectivity index is 1.74. The van der Waals surface area contributed by atoms with E-state index in [1.807, 2.05) is 42.6 Å². The molecule has 2 heterocycles. The van der Waals surface area contributed by atoms with Crippen molar-refractivity contribution in [3.8, 4) is 11.5 Å². The maximum Gasteiger partial charge on any atom is 0.251 e. The van der Waals surface area contributed by atoms with E-state index >= 15 is 0 Å². The summed E-state index contributed by atoms with van der Waals surface area (Å²) in [6.45, 7) is 0.351. The number of aromatic nitrogens is 2. The third-order valence-corrected chi connectivity index (χ3v) is 5.47. The predicted molar refractivity (Wildman–Crippen MR) is 121 cm³/mol. The van der Waals surface area contributed by atoms with Crippen LogP contribution in [0, 0.1) is 0 Å². The number of nitrogens with zero attached hydrogens (tertiary/aromatic N) is 1. The number of hydrogen-bond acceptors (Lipinski definition) is 4. The SMILES string of the molecule is COc1cccc(C(CNC(=O)c2ccnc(Cl)c2)c2c[nH]c3ccccc23)c1OC. The molecule has 0 radical (unpaired) electrons. The Hall–Kier alpha value is -3.51. The second kappa shape index (κ2) is 9.10. The molecule has 0 aliphatic rings. The van der Waals surface area contributed by atoms with Crippen molar-refractivity contribution >= 4 is 28.4 Å². The van der Waals surface area contributed by atoms with Gasteiger partial charge in [0.2, 0.25) is 0 Å². The second-order valence-corrected chi connectivity index (χ2v) is 7.39. The number of ether oxygens (including phenoxy) is 2. The van der Waals surface area contributed by atoms with Gasteiger partial charge in [-0.1, -0.05) is 41.9 Å². The summed E-state index contributed by atoms with van der Waals surface area (Å²) >= 11 is 5.94. The van der Waals surface area contributed by atoms with Crippen LogP contribution < -0.4 is 14.8 Å². The van der Waals surface area contributed by atoms with E-state index in [4.69, 9.17) is 21.1 Å². The minimum atomic E-state index is -0.226. The fourth-order valence-corrected chi connectivity index (χ4v) is 3.97. The molecule has 31 heavy (non-hydrogen) atoms. The molecule has 0 saturated carbocycles. The molecule has 2 aromatic heterocycles. The van der Waals surface area contributed by atoms with Crippen LogP contribution in [0.25, 0.3) is 10.9 Å². The number of fused-ring (bicyclic) bond motifs is 1. The first kappa shape index (κ1) is 20.8. The van der Waals surface area contributed by atoms with Gasteiger partial charge in [0.1, 0.15) is 5.15 Å². The Morgan fingerprint density at radius 3 is 2.71 bits per heavy atom. The van der Waals surface area contributed by atoms with Crippen LogP contribution >= 0.6 is 11.6 Å². The smallest absolute Gasteiger partial charge is 0.251 e. The summed E-state index contributed by atoms with van der Waals surface area (Å²) in [5, 5.41) is 4.39. The van der Waals surface area contributed by atoms with Gasteiger partial charge in [-0.25, -0.2) is 4.98 Å². The van der Waals surface area contributed by atoms with Crippen molar-refractivity contribution in [2.24, 2.45) is 0 Å². The molecule has 7 heteroatoms. The molecule has 6 nitrogen and oxygen atoms in total. The maximum absolute atomic E-state index is 12.8. The average Bonchev–Trinajstić information content (AvgIpc) is 3.23. The molecule has 0 saturated heterocycles. The Labute approximate surface area is 185 Å². The van der Waals surface area contributed by atoms with Crippen molar-refractivity contribution in [3.63, 3.8) is 0 Å². The standard InChI is InChI=1S/C24H22ClN3O3/c1-30-21-9-5-7-17(23(21)31-2)19(18-13-27-20-8-4-3-6-16(18)20)14-28-24(29)15-10-11-26-22(25)12-15/h3-13,19,27H,14H2,1-2H3,(H,28,29). The van der Waals surface area contributed by atoms with Gasteiger partial charge in [-0.2, -0.15) is 0 Å². The van der Waals surface area contributed by atoms with Crippen LogP contribution in [0.1, 0.15) is 27.4 Å². The number of para-hydroxylation sites is 2. The highest BCUT2D eigenvalue weighted by atomic mass is 35.5. The number of halogens is 1. The third kappa shape index (κ3) is 4.20. The lowest BCUT2D eigenvalue weighted by Gasteiger charge is -2.22. The van der Waals surface area contributed by atoms with Crippen molar-refractivity contribution in [3.05, 3.63) is 88.8 Å². The Bertz CT molecular complexity index is 1220. The predicted octanol–water partition coefficient (Wildman–Crippen LogP) is 4.80. The van der Waals surface area contributed by atoms with Crippen LogP contribution in [-0.2, 0) is 0 Å². The van der Waals surface area contributed by atoms with E-state index in [2.05, 4.69) is 21.4 Å². The first-order chi connectivity index (χ1) is 15.1. The van der Waals surface area contributed by atoms with Gasteiger partial charge in [0.15, 0.2) is 11.5 Å². The van der Waals surface area contributed by atoms with Crippen molar-refractivity contribution < 1.29 is 14.3 Å². The fraction of sp³-hybridized carbons (Fsp3) is 0.167. The summed E-state index contributed by atoms with van der Waals surface area (Å²) in [6, 6.07) is 17.0. The van der Waals surface area contributed by atoms with Crippen LogP contribution in [0.15, 0.2) is 67.0 Å². The van der Waals surface area contributed by atoms with Crippen molar-refractivity contribution in [2.75, 3.05) is 20.8 Å². The Morgan fingerprint density at radius 2 is 1.94 bits per heavy atom. The molecule has 4 rings (SSSR count). The lowest BCUT2D eigenvalue weighted by Crippen LogP contribution is -2.29. The number of amides is 1. The summed E-state index contributed by atoms with van der Waals surface area (Å²) in [6.07, 6.45) is 3.49. The molecule has 1 atom stereocenters. The number of H-pyrrole nitrogens is 1. The van der Waals surface area contributed by atoms with E-state index in [1.54, 1.807) is 26.4 Å². The molecule has 2 N–H and O–H groups in total. The van der Waals surface area contributed by atoms with Crippen LogP contribution in [0.2, 0.25) is 5.15 Å². The minimum absolute atomic E-state index is 0.178. The van der Waals surface area contributed by atoms with E-state index in [1.165, 1.54) is 6.20 Å². The molecular weight excluding hydrogens is 414 g/mol. The number of aromatic amines is 1. The van der Waals surface area contributed by atoms with Crippen molar-refractivity contribution in [1.29, 1.82) is 0 Å². The molecule has 1 unspecified atom stereocenters. The monoisotopic (exact) mass is 435 g/mol. The largest absolute Gasteiger partial charge is 0.493 e. The first-order valence-corrected chi connectivity index (χ1v) is 10.2. The summed E-state index contributed by atoms with van der Waals surface area (Å²) in [7, 11) is 3.22. The van der Waals surface area contributed by atoms with Gasteiger partial charge < -0.3 is 19.8 Å². The van der Waals surface area contributed by atoms with E-state index in [0.717, 1.165) is 22.0 Å². The van der Waals surface area contributed by atoms with Gasteiger partial charge in [0, 0.05) is 46.9 Å². The maximum atomic E-state index is 12.8. The lowest BCUT2D eigenvalue weighted by molar-refractivity contribution is 0.0952. The fourth-order valence-electron chi connectivity index (χ4n) is 3.80. The molecule has 0 aliphatic carbocycles. The Kier molecular flexibility index (Phi) is 6.09. The molecule has 0 bridgehead atoms. The summed E-state index contributed by atoms with van der Waals surface area (Å²) < 4.78 is 11.2. The van der Waals surface area contributed by atoms with Gasteiger partial charge in [-0.3, -0.25) is 4.79 Å². The Morgan fingerprint density at radius 1 is 1.10 bits per heavy atom. The number of nitrogens with one attached hydrogen (secondary N) is 2. The zero-order valence-electron chi connectivity index (χ0n) is 17.2. The number of pyridine rings is 1. The minimum Gasteiger partial charge on any atom is -0.493 e. The van der Waals surface area contributed by atoms with Crippen LogP contribution in [0.3, 0.4) is 0 Å². The number of hydrogen-bond donors (Lipinski definition) is 2. The van der Waals surface area contributed by atoms with Gasteiger partial charge in [-0.05, 0) is 29.8 Å². The summed E-state index contributed by atoms with van der Waals surface area (Å²) in [5.74, 6) is 0.872. The molecule has 2 aromatic carbocycles. The van der Waals surface area contributed by atoms with Gasteiger partial charge in [-0.15, -0.1) is 0 Å². The highest BCUT2D eigenvalue weighted by molar-refractivity contribution is 6.29.